The first kappa shape index (κ1) is 26.3. The molecule has 14 heteroatoms. The van der Waals surface area contributed by atoms with Crippen LogP contribution in [0.3, 0.4) is 0 Å². The summed E-state index contributed by atoms with van der Waals surface area (Å²) in [5, 5.41) is 21.5. The van der Waals surface area contributed by atoms with Crippen molar-refractivity contribution in [3.05, 3.63) is 88.1 Å². The van der Waals surface area contributed by atoms with E-state index in [9.17, 15) is 14.7 Å². The number of rotatable bonds is 8. The lowest BCUT2D eigenvalue weighted by Crippen LogP contribution is -2.32. The number of pyridine rings is 2. The van der Waals surface area contributed by atoms with Crippen LogP contribution in [-0.2, 0) is 11.2 Å². The van der Waals surface area contributed by atoms with Crippen LogP contribution in [0.15, 0.2) is 66.0 Å². The lowest BCUT2D eigenvalue weighted by atomic mass is 10.0. The number of ether oxygens (including phenoxy) is 1. The topological polar surface area (TPSA) is 157 Å². The maximum Gasteiger partial charge on any atom is 0.411 e. The number of aromatic amines is 1. The molecule has 0 bridgehead atoms. The van der Waals surface area contributed by atoms with Crippen molar-refractivity contribution in [3.63, 3.8) is 0 Å². The molecule has 0 fully saturated rings. The Labute approximate surface area is 238 Å². The van der Waals surface area contributed by atoms with Gasteiger partial charge in [-0.3, -0.25) is 14.7 Å². The highest BCUT2D eigenvalue weighted by Gasteiger charge is 2.28. The number of fused-ring (bicyclic) bond motifs is 1. The Morgan fingerprint density at radius 3 is 2.80 bits per heavy atom. The van der Waals surface area contributed by atoms with Gasteiger partial charge in [-0.25, -0.2) is 9.78 Å². The van der Waals surface area contributed by atoms with Crippen LogP contribution < -0.4 is 10.5 Å². The molecule has 4 aromatic heterocycles. The van der Waals surface area contributed by atoms with Gasteiger partial charge in [-0.2, -0.15) is 4.68 Å². The number of hydrogen-bond donors (Lipinski definition) is 2. The molecule has 0 saturated carbocycles. The van der Waals surface area contributed by atoms with Crippen LogP contribution in [0.5, 0.6) is 0 Å². The fraction of sp³-hybridized carbons (Fsp3) is 0.222. The second-order valence-electron chi connectivity index (χ2n) is 9.42. The monoisotopic (exact) mass is 573 g/mol. The van der Waals surface area contributed by atoms with Gasteiger partial charge in [-0.1, -0.05) is 11.6 Å². The van der Waals surface area contributed by atoms with Crippen LogP contribution in [0.25, 0.3) is 28.2 Å². The van der Waals surface area contributed by atoms with E-state index >= 15 is 0 Å². The van der Waals surface area contributed by atoms with E-state index in [2.05, 4.69) is 30.5 Å². The number of tetrazole rings is 1. The van der Waals surface area contributed by atoms with Crippen molar-refractivity contribution >= 4 is 23.4 Å². The third-order valence-corrected chi connectivity index (χ3v) is 7.23. The summed E-state index contributed by atoms with van der Waals surface area (Å²) in [4.78, 5) is 38.5. The number of nitrogens with one attached hydrogen (secondary N) is 1. The van der Waals surface area contributed by atoms with Gasteiger partial charge < -0.3 is 19.4 Å². The zero-order valence-corrected chi connectivity index (χ0v) is 22.6. The van der Waals surface area contributed by atoms with Crippen molar-refractivity contribution in [1.82, 2.24) is 39.7 Å². The molecule has 1 aliphatic rings. The van der Waals surface area contributed by atoms with E-state index in [1.165, 1.54) is 29.2 Å². The van der Waals surface area contributed by atoms with Gasteiger partial charge >= 0.3 is 6.09 Å². The van der Waals surface area contributed by atoms with Crippen molar-refractivity contribution in [2.75, 3.05) is 25.2 Å². The molecule has 6 rings (SSSR count). The second kappa shape index (κ2) is 10.9. The Morgan fingerprint density at radius 2 is 2.07 bits per heavy atom. The van der Waals surface area contributed by atoms with E-state index in [0.717, 1.165) is 16.8 Å². The summed E-state index contributed by atoms with van der Waals surface area (Å²) in [5.74, 6) is 0.642. The lowest BCUT2D eigenvalue weighted by molar-refractivity contribution is 0.186. The fourth-order valence-corrected chi connectivity index (χ4v) is 5.25. The maximum absolute atomic E-state index is 13.4. The zero-order valence-electron chi connectivity index (χ0n) is 21.8. The number of hydrogen-bond acceptors (Lipinski definition) is 8. The number of carbonyl (C=O) groups is 1. The maximum atomic E-state index is 13.4. The predicted octanol–water partition coefficient (Wildman–Crippen LogP) is 3.60. The Kier molecular flexibility index (Phi) is 7.03. The molecular weight excluding hydrogens is 550 g/mol. The molecule has 1 aromatic carbocycles. The number of H-pyrrole nitrogens is 1. The molecule has 0 aliphatic carbocycles. The zero-order chi connectivity index (χ0) is 28.5. The number of methoxy groups -OCH3 is 1. The molecular formula is C27H24ClN9O4. The first-order valence-electron chi connectivity index (χ1n) is 12.7. The number of aryl methyl sites for hydroxylation is 1. The van der Waals surface area contributed by atoms with Gasteiger partial charge in [0.2, 0.25) is 0 Å². The molecule has 1 atom stereocenters. The van der Waals surface area contributed by atoms with E-state index in [-0.39, 0.29) is 24.8 Å². The van der Waals surface area contributed by atoms with Crippen molar-refractivity contribution < 1.29 is 14.6 Å². The van der Waals surface area contributed by atoms with Crippen molar-refractivity contribution in [1.29, 1.82) is 0 Å². The van der Waals surface area contributed by atoms with Crippen LogP contribution in [0, 0.1) is 0 Å². The molecule has 1 aliphatic heterocycles. The van der Waals surface area contributed by atoms with Crippen LogP contribution >= 0.6 is 11.6 Å². The van der Waals surface area contributed by atoms with Gasteiger partial charge in [-0.15, -0.1) is 5.10 Å². The van der Waals surface area contributed by atoms with Gasteiger partial charge in [-0.05, 0) is 65.2 Å². The van der Waals surface area contributed by atoms with E-state index in [0.29, 0.717) is 46.5 Å². The molecule has 1 amide bonds. The summed E-state index contributed by atoms with van der Waals surface area (Å²) in [6.07, 6.45) is 4.94. The van der Waals surface area contributed by atoms with Crippen LogP contribution in [0.1, 0.15) is 24.0 Å². The molecule has 5 heterocycles. The second-order valence-corrected chi connectivity index (χ2v) is 9.86. The van der Waals surface area contributed by atoms with E-state index < -0.39 is 6.09 Å². The number of aromatic nitrogens is 8. The Morgan fingerprint density at radius 1 is 1.20 bits per heavy atom. The normalized spacial score (nSPS) is 14.2. The Balaban J connectivity index is 1.28. The summed E-state index contributed by atoms with van der Waals surface area (Å²) >= 11 is 6.30. The quantitative estimate of drug-likeness (QED) is 0.283. The van der Waals surface area contributed by atoms with Gasteiger partial charge in [0.1, 0.15) is 12.2 Å². The average Bonchev–Trinajstić information content (AvgIpc) is 3.74. The highest BCUT2D eigenvalue weighted by atomic mass is 35.5. The summed E-state index contributed by atoms with van der Waals surface area (Å²) < 4.78 is 8.29. The van der Waals surface area contributed by atoms with Crippen LogP contribution in [0.4, 0.5) is 10.5 Å². The lowest BCUT2D eigenvalue weighted by Gasteiger charge is -2.18. The molecule has 2 N–H and O–H groups in total. The minimum absolute atomic E-state index is 0.159. The summed E-state index contributed by atoms with van der Waals surface area (Å²) in [6.45, 7) is 0.455. The number of benzene rings is 1. The summed E-state index contributed by atoms with van der Waals surface area (Å²) in [5.41, 5.74) is 4.59. The Bertz CT molecular complexity index is 1770. The number of carboxylic acid groups (broad SMARTS) is 1. The van der Waals surface area contributed by atoms with E-state index in [4.69, 9.17) is 16.3 Å². The van der Waals surface area contributed by atoms with Crippen molar-refractivity contribution in [3.8, 4) is 28.2 Å². The molecule has 0 unspecified atom stereocenters. The summed E-state index contributed by atoms with van der Waals surface area (Å²) in [7, 11) is 1.51. The Hall–Kier alpha value is -4.88. The third kappa shape index (κ3) is 5.08. The highest BCUT2D eigenvalue weighted by molar-refractivity contribution is 6.31. The average molecular weight is 574 g/mol. The number of nitrogens with zero attached hydrogens (tertiary/aromatic N) is 8. The predicted molar refractivity (Wildman–Crippen MR) is 149 cm³/mol. The van der Waals surface area contributed by atoms with E-state index in [1.807, 2.05) is 12.1 Å². The molecule has 0 saturated heterocycles. The van der Waals surface area contributed by atoms with Gasteiger partial charge in [0.05, 0.1) is 54.3 Å². The number of imidazole rings is 1. The molecule has 13 nitrogen and oxygen atoms in total. The van der Waals surface area contributed by atoms with Gasteiger partial charge in [0, 0.05) is 29.5 Å². The van der Waals surface area contributed by atoms with E-state index in [1.54, 1.807) is 41.1 Å². The third-order valence-electron chi connectivity index (χ3n) is 7.00. The smallest absolute Gasteiger partial charge is 0.411 e. The standard InChI is InChI=1S/C27H24ClN9O4/c1-41-9-8-35(27(39)40)19-3-5-21(29-13-19)22-14-30-26(32-22)24-7-4-18-10-16(11-25(38)37(18)24)20-12-17(28)2-6-23(20)36-15-31-33-34-36/h2-3,5-6,10-15,24H,4,7-9H2,1H3,(H,30,32)(H,39,40)/t24-/m0/s1. The largest absolute Gasteiger partial charge is 0.465 e. The number of halogens is 1. The van der Waals surface area contributed by atoms with Crippen molar-refractivity contribution in [2.24, 2.45) is 0 Å². The first-order chi connectivity index (χ1) is 19.9. The van der Waals surface area contributed by atoms with Crippen LogP contribution in [-0.4, -0.2) is 71.2 Å². The molecule has 0 radical (unpaired) electrons. The fourth-order valence-electron chi connectivity index (χ4n) is 5.08. The molecule has 208 valence electrons. The molecule has 0 spiro atoms. The summed E-state index contributed by atoms with van der Waals surface area (Å²) in [6, 6.07) is 12.1. The molecule has 5 aromatic rings. The minimum Gasteiger partial charge on any atom is -0.465 e. The molecule has 41 heavy (non-hydrogen) atoms. The SMILES string of the molecule is COCCN(C(=O)O)c1ccc(-c2cnc([C@@H]3CCc4cc(-c5cc(Cl)ccc5-n5cnnn5)cc(=O)n43)[nH]2)nc1. The minimum atomic E-state index is -1.09. The number of amides is 1. The van der Waals surface area contributed by atoms with Gasteiger partial charge in [0.25, 0.3) is 5.56 Å². The van der Waals surface area contributed by atoms with Crippen molar-refractivity contribution in [2.45, 2.75) is 18.9 Å². The first-order valence-corrected chi connectivity index (χ1v) is 13.1. The highest BCUT2D eigenvalue weighted by Crippen LogP contribution is 2.34. The van der Waals surface area contributed by atoms with Crippen LogP contribution in [0.2, 0.25) is 5.02 Å². The number of anilines is 1. The van der Waals surface area contributed by atoms with Gasteiger partial charge in [0.15, 0.2) is 0 Å².